The van der Waals surface area contributed by atoms with E-state index in [-0.39, 0.29) is 12.1 Å². The van der Waals surface area contributed by atoms with Crippen molar-refractivity contribution >= 4 is 31.5 Å². The van der Waals surface area contributed by atoms with Gasteiger partial charge in [-0.1, -0.05) is 26.9 Å². The van der Waals surface area contributed by atoms with Crippen molar-refractivity contribution in [1.29, 1.82) is 0 Å². The lowest BCUT2D eigenvalue weighted by Gasteiger charge is -2.30. The molecule has 0 aromatic rings. The molecule has 0 bridgehead atoms. The Bertz CT molecular complexity index is 370. The highest BCUT2D eigenvalue weighted by Crippen LogP contribution is 2.23. The molecule has 0 radical (unpaired) electrons. The van der Waals surface area contributed by atoms with Gasteiger partial charge in [0.05, 0.1) is 22.3 Å². The Morgan fingerprint density at radius 2 is 1.74 bits per heavy atom. The molecule has 0 fully saturated rings. The van der Waals surface area contributed by atoms with Crippen molar-refractivity contribution in [1.82, 2.24) is 0 Å². The third kappa shape index (κ3) is 4.21. The molecule has 6 heteroatoms. The molecule has 0 aliphatic carbocycles. The lowest BCUT2D eigenvalue weighted by atomic mass is 10.0. The molecular weight excluding hydrogens is 280 g/mol. The van der Waals surface area contributed by atoms with E-state index >= 15 is 0 Å². The maximum absolute atomic E-state index is 6.05. The number of hydrogen-bond donors (Lipinski definition) is 0. The maximum Gasteiger partial charge on any atom is 0.209 e. The maximum atomic E-state index is 6.05. The molecule has 1 aliphatic heterocycles. The van der Waals surface area contributed by atoms with Crippen LogP contribution in [0.3, 0.4) is 0 Å². The monoisotopic (exact) mass is 304 g/mol. The second-order valence-corrected chi connectivity index (χ2v) is 11.9. The number of hydrogen-bond acceptors (Lipinski definition) is 4. The predicted octanol–water partition coefficient (Wildman–Crippen LogP) is 2.97. The van der Waals surface area contributed by atoms with E-state index in [9.17, 15) is 0 Å². The summed E-state index contributed by atoms with van der Waals surface area (Å²) >= 11 is 6.05. The van der Waals surface area contributed by atoms with Gasteiger partial charge in [0.2, 0.25) is 11.8 Å². The number of halogens is 1. The third-order valence-corrected chi connectivity index (χ3v) is 7.63. The number of nitrogens with zero attached hydrogens (tertiary/aromatic N) is 2. The Morgan fingerprint density at radius 1 is 1.16 bits per heavy atom. The first-order valence-corrected chi connectivity index (χ1v) is 10.6. The largest absolute Gasteiger partial charge is 0.483 e. The number of ether oxygens (including phenoxy) is 2. The Balaban J connectivity index is 2.98. The van der Waals surface area contributed by atoms with Crippen LogP contribution >= 0.6 is 11.6 Å². The van der Waals surface area contributed by atoms with Crippen LogP contribution in [0.15, 0.2) is 9.98 Å². The van der Waals surface area contributed by atoms with E-state index in [1.165, 1.54) is 0 Å². The van der Waals surface area contributed by atoms with Gasteiger partial charge in [-0.25, -0.2) is 9.98 Å². The number of rotatable bonds is 4. The fourth-order valence-electron chi connectivity index (χ4n) is 2.07. The SMILES string of the molecule is COC1=N[C@H](C(C)C)C(OC)=N[C@@H]1C[Si](C)(C)CCl. The van der Waals surface area contributed by atoms with Crippen molar-refractivity contribution in [2.75, 3.05) is 19.7 Å². The van der Waals surface area contributed by atoms with Crippen LogP contribution < -0.4 is 0 Å². The summed E-state index contributed by atoms with van der Waals surface area (Å²) in [6.07, 6.45) is 0. The molecule has 0 N–H and O–H groups in total. The van der Waals surface area contributed by atoms with Gasteiger partial charge in [-0.2, -0.15) is 0 Å². The molecule has 19 heavy (non-hydrogen) atoms. The van der Waals surface area contributed by atoms with Crippen LogP contribution in [0.4, 0.5) is 0 Å². The van der Waals surface area contributed by atoms with Gasteiger partial charge in [0.1, 0.15) is 12.1 Å². The van der Waals surface area contributed by atoms with Crippen LogP contribution in [0.25, 0.3) is 0 Å². The molecule has 0 saturated heterocycles. The molecule has 0 aromatic heterocycles. The fourth-order valence-corrected chi connectivity index (χ4v) is 3.82. The van der Waals surface area contributed by atoms with Gasteiger partial charge in [-0.05, 0) is 12.0 Å². The average molecular weight is 305 g/mol. The molecule has 2 atom stereocenters. The van der Waals surface area contributed by atoms with Crippen LogP contribution in [0.2, 0.25) is 19.1 Å². The van der Waals surface area contributed by atoms with E-state index in [2.05, 4.69) is 31.9 Å². The second-order valence-electron chi connectivity index (χ2n) is 6.05. The van der Waals surface area contributed by atoms with E-state index in [0.717, 1.165) is 6.04 Å². The minimum Gasteiger partial charge on any atom is -0.483 e. The van der Waals surface area contributed by atoms with Crippen LogP contribution in [-0.4, -0.2) is 51.7 Å². The zero-order chi connectivity index (χ0) is 14.6. The summed E-state index contributed by atoms with van der Waals surface area (Å²) in [6.45, 7) is 8.72. The normalized spacial score (nSPS) is 24.0. The summed E-state index contributed by atoms with van der Waals surface area (Å²) in [4.78, 5) is 9.37. The Labute approximate surface area is 122 Å². The van der Waals surface area contributed by atoms with Gasteiger partial charge < -0.3 is 9.47 Å². The van der Waals surface area contributed by atoms with E-state index in [4.69, 9.17) is 26.1 Å². The van der Waals surface area contributed by atoms with Crippen molar-refractivity contribution in [3.63, 3.8) is 0 Å². The third-order valence-electron chi connectivity index (χ3n) is 3.24. The quantitative estimate of drug-likeness (QED) is 0.592. The summed E-state index contributed by atoms with van der Waals surface area (Å²) in [7, 11) is 1.84. The fraction of sp³-hybridized carbons (Fsp3) is 0.846. The molecule has 0 saturated carbocycles. The summed E-state index contributed by atoms with van der Waals surface area (Å²) in [5.74, 6) is 1.76. The first kappa shape index (κ1) is 16.5. The van der Waals surface area contributed by atoms with Gasteiger partial charge in [-0.15, -0.1) is 11.6 Å². The molecule has 110 valence electrons. The van der Waals surface area contributed by atoms with E-state index in [1.54, 1.807) is 14.2 Å². The molecule has 1 heterocycles. The average Bonchev–Trinajstić information content (AvgIpc) is 2.37. The van der Waals surface area contributed by atoms with Crippen molar-refractivity contribution in [2.24, 2.45) is 15.9 Å². The van der Waals surface area contributed by atoms with Gasteiger partial charge in [0.25, 0.3) is 0 Å². The molecule has 1 aliphatic rings. The molecular formula is C13H25ClN2O2Si. The Kier molecular flexibility index (Phi) is 5.86. The lowest BCUT2D eigenvalue weighted by Crippen LogP contribution is -2.42. The van der Waals surface area contributed by atoms with Crippen LogP contribution in [-0.2, 0) is 9.47 Å². The smallest absolute Gasteiger partial charge is 0.209 e. The highest BCUT2D eigenvalue weighted by molar-refractivity contribution is 6.83. The number of aliphatic imine (C=N–C) groups is 2. The molecule has 4 nitrogen and oxygen atoms in total. The van der Waals surface area contributed by atoms with Crippen molar-refractivity contribution in [3.8, 4) is 0 Å². The van der Waals surface area contributed by atoms with E-state index < -0.39 is 8.07 Å². The minimum atomic E-state index is -1.47. The van der Waals surface area contributed by atoms with E-state index in [0.29, 0.717) is 23.2 Å². The first-order chi connectivity index (χ1) is 8.84. The Morgan fingerprint density at radius 3 is 2.16 bits per heavy atom. The topological polar surface area (TPSA) is 43.2 Å². The first-order valence-electron chi connectivity index (χ1n) is 6.64. The molecule has 0 aromatic carbocycles. The summed E-state index contributed by atoms with van der Waals surface area (Å²) in [5.41, 5.74) is 0.714. The second kappa shape index (κ2) is 6.75. The molecule has 0 unspecified atom stereocenters. The summed E-state index contributed by atoms with van der Waals surface area (Å²) in [5, 5.41) is 0. The standard InChI is InChI=1S/C13H25ClN2O2Si/c1-9(2)11-13(18-4)15-10(12(16-11)17-3)7-19(5,6)8-14/h9-11H,7-8H2,1-6H3/t10-,11-/m1/s1. The van der Waals surface area contributed by atoms with Crippen molar-refractivity contribution in [2.45, 2.75) is 45.1 Å². The highest BCUT2D eigenvalue weighted by Gasteiger charge is 2.34. The van der Waals surface area contributed by atoms with Crippen molar-refractivity contribution < 1.29 is 9.47 Å². The summed E-state index contributed by atoms with van der Waals surface area (Å²) in [6, 6.07) is 0.841. The Hall–Kier alpha value is -0.553. The number of methoxy groups -OCH3 is 2. The number of alkyl halides is 1. The lowest BCUT2D eigenvalue weighted by molar-refractivity contribution is 0.335. The van der Waals surface area contributed by atoms with Crippen LogP contribution in [0.1, 0.15) is 13.8 Å². The molecule has 0 spiro atoms. The van der Waals surface area contributed by atoms with Gasteiger partial charge >= 0.3 is 0 Å². The van der Waals surface area contributed by atoms with Crippen LogP contribution in [0, 0.1) is 5.92 Å². The highest BCUT2D eigenvalue weighted by atomic mass is 35.5. The zero-order valence-corrected chi connectivity index (χ0v) is 14.5. The minimum absolute atomic E-state index is 0.0445. The van der Waals surface area contributed by atoms with E-state index in [1.807, 2.05) is 0 Å². The molecule has 1 rings (SSSR count). The predicted molar refractivity (Wildman–Crippen MR) is 84.3 cm³/mol. The van der Waals surface area contributed by atoms with Gasteiger partial charge in [-0.3, -0.25) is 0 Å². The molecule has 0 amide bonds. The zero-order valence-electron chi connectivity index (χ0n) is 12.7. The summed E-state index contributed by atoms with van der Waals surface area (Å²) < 4.78 is 10.8. The van der Waals surface area contributed by atoms with Crippen molar-refractivity contribution in [3.05, 3.63) is 0 Å². The van der Waals surface area contributed by atoms with Crippen LogP contribution in [0.5, 0.6) is 0 Å². The van der Waals surface area contributed by atoms with Gasteiger partial charge in [0, 0.05) is 5.50 Å². The van der Waals surface area contributed by atoms with Gasteiger partial charge in [0.15, 0.2) is 0 Å².